The molecule has 0 radical (unpaired) electrons. The van der Waals surface area contributed by atoms with Crippen LogP contribution in [0.15, 0.2) is 78.9 Å². The van der Waals surface area contributed by atoms with E-state index in [1.165, 1.54) is 24.0 Å². The number of allylic oxidation sites excluding steroid dienone is 1. The molecule has 6 heteroatoms. The minimum absolute atomic E-state index is 0.319. The second kappa shape index (κ2) is 10.6. The monoisotopic (exact) mass is 526 g/mol. The second-order valence-corrected chi connectivity index (χ2v) is 10.5. The van der Waals surface area contributed by atoms with Crippen molar-refractivity contribution in [2.45, 2.75) is 44.6 Å². The lowest BCUT2D eigenvalue weighted by atomic mass is 9.92. The van der Waals surface area contributed by atoms with E-state index in [1.807, 2.05) is 72.5 Å². The maximum atomic E-state index is 13.6. The highest BCUT2D eigenvalue weighted by molar-refractivity contribution is 6.31. The van der Waals surface area contributed by atoms with Gasteiger partial charge in [0.05, 0.1) is 6.61 Å². The summed E-state index contributed by atoms with van der Waals surface area (Å²) in [5.74, 6) is 2.04. The van der Waals surface area contributed by atoms with Gasteiger partial charge in [0.2, 0.25) is 0 Å². The third-order valence-electron chi connectivity index (χ3n) is 7.44. The third kappa shape index (κ3) is 5.03. The first-order valence-corrected chi connectivity index (χ1v) is 13.7. The number of fused-ring (bicyclic) bond motifs is 3. The average Bonchev–Trinajstić information content (AvgIpc) is 3.72. The Hall–Kier alpha value is -3.70. The summed E-state index contributed by atoms with van der Waals surface area (Å²) in [4.78, 5) is 19.0. The van der Waals surface area contributed by atoms with Crippen LogP contribution >= 0.6 is 11.6 Å². The molecule has 1 amide bonds. The fourth-order valence-corrected chi connectivity index (χ4v) is 5.52. The minimum atomic E-state index is -0.358. The maximum absolute atomic E-state index is 13.6. The van der Waals surface area contributed by atoms with Crippen LogP contribution in [0.4, 0.5) is 4.79 Å². The van der Waals surface area contributed by atoms with Crippen molar-refractivity contribution in [2.75, 3.05) is 13.2 Å². The summed E-state index contributed by atoms with van der Waals surface area (Å²) in [6.45, 7) is 3.17. The third-order valence-corrected chi connectivity index (χ3v) is 7.68. The average molecular weight is 527 g/mol. The number of nitrogens with zero attached hydrogens (tertiary/aromatic N) is 1. The number of ether oxygens (including phenoxy) is 2. The zero-order valence-corrected chi connectivity index (χ0v) is 22.2. The highest BCUT2D eigenvalue weighted by atomic mass is 35.5. The SMILES string of the molecule is C/C=C\CCOc1ccc([C@H]2c3[nH]c4ccc(Cl)cc4c3CCN2C(=O)Oc2ccc(C3CC3)cc2)cc1. The van der Waals surface area contributed by atoms with Crippen molar-refractivity contribution in [1.29, 1.82) is 0 Å². The highest BCUT2D eigenvalue weighted by Crippen LogP contribution is 2.41. The highest BCUT2D eigenvalue weighted by Gasteiger charge is 2.36. The number of H-pyrrole nitrogens is 1. The molecule has 38 heavy (non-hydrogen) atoms. The van der Waals surface area contributed by atoms with Crippen LogP contribution in [0.3, 0.4) is 0 Å². The normalized spacial score (nSPS) is 17.1. The van der Waals surface area contributed by atoms with Crippen molar-refractivity contribution in [3.05, 3.63) is 106 Å². The zero-order valence-electron chi connectivity index (χ0n) is 21.5. The molecule has 5 nitrogen and oxygen atoms in total. The zero-order chi connectivity index (χ0) is 26.1. The Bertz CT molecular complexity index is 1470. The molecule has 0 bridgehead atoms. The number of rotatable bonds is 7. The Labute approximate surface area is 228 Å². The minimum Gasteiger partial charge on any atom is -0.493 e. The number of benzene rings is 3. The van der Waals surface area contributed by atoms with E-state index in [9.17, 15) is 4.79 Å². The van der Waals surface area contributed by atoms with E-state index in [0.29, 0.717) is 36.3 Å². The number of carbonyl (C=O) groups is 1. The van der Waals surface area contributed by atoms with Gasteiger partial charge in [-0.25, -0.2) is 4.79 Å². The fourth-order valence-electron chi connectivity index (χ4n) is 5.35. The van der Waals surface area contributed by atoms with Gasteiger partial charge in [-0.05, 0) is 97.7 Å². The smallest absolute Gasteiger partial charge is 0.416 e. The van der Waals surface area contributed by atoms with Crippen LogP contribution < -0.4 is 9.47 Å². The molecule has 0 spiro atoms. The topological polar surface area (TPSA) is 54.6 Å². The van der Waals surface area contributed by atoms with Gasteiger partial charge in [-0.1, -0.05) is 48.0 Å². The van der Waals surface area contributed by atoms with E-state index >= 15 is 0 Å². The molecule has 1 aliphatic heterocycles. The molecule has 4 aromatic rings. The van der Waals surface area contributed by atoms with E-state index in [4.69, 9.17) is 21.1 Å². The standard InChI is InChI=1S/C32H31ClN2O3/c1-2-3-4-19-37-25-12-9-23(10-13-25)31-30-27(28-20-24(33)11-16-29(28)34-30)17-18-35(31)32(36)38-26-14-7-22(8-15-26)21-5-6-21/h2-3,7-16,20-21,31,34H,4-6,17-19H2,1H3/b3-2-/t31-/m0/s1. The number of hydrogen-bond acceptors (Lipinski definition) is 3. The van der Waals surface area contributed by atoms with E-state index < -0.39 is 0 Å². The summed E-state index contributed by atoms with van der Waals surface area (Å²) < 4.78 is 11.8. The Balaban J connectivity index is 1.30. The van der Waals surface area contributed by atoms with Crippen molar-refractivity contribution in [2.24, 2.45) is 0 Å². The molecule has 1 fully saturated rings. The van der Waals surface area contributed by atoms with Gasteiger partial charge < -0.3 is 14.5 Å². The Kier molecular flexibility index (Phi) is 6.86. The molecule has 2 aliphatic rings. The number of hydrogen-bond donors (Lipinski definition) is 1. The first-order chi connectivity index (χ1) is 18.6. The van der Waals surface area contributed by atoms with Crippen LogP contribution in [0, 0.1) is 0 Å². The molecule has 0 saturated heterocycles. The summed E-state index contributed by atoms with van der Waals surface area (Å²) in [5.41, 5.74) is 5.51. The van der Waals surface area contributed by atoms with Crippen molar-refractivity contribution in [3.63, 3.8) is 0 Å². The Morgan fingerprint density at radius 1 is 1.03 bits per heavy atom. The van der Waals surface area contributed by atoms with Gasteiger partial charge in [0.25, 0.3) is 0 Å². The Morgan fingerprint density at radius 3 is 2.50 bits per heavy atom. The van der Waals surface area contributed by atoms with Gasteiger partial charge in [-0.2, -0.15) is 0 Å². The van der Waals surface area contributed by atoms with E-state index in [2.05, 4.69) is 23.2 Å². The summed E-state index contributed by atoms with van der Waals surface area (Å²) in [7, 11) is 0. The predicted molar refractivity (Wildman–Crippen MR) is 151 cm³/mol. The van der Waals surface area contributed by atoms with Gasteiger partial charge in [0.1, 0.15) is 17.5 Å². The fraction of sp³-hybridized carbons (Fsp3) is 0.281. The first-order valence-electron chi connectivity index (χ1n) is 13.3. The van der Waals surface area contributed by atoms with E-state index in [1.54, 1.807) is 0 Å². The van der Waals surface area contributed by atoms with Gasteiger partial charge in [-0.3, -0.25) is 4.90 Å². The quantitative estimate of drug-likeness (QED) is 0.195. The van der Waals surface area contributed by atoms with Crippen LogP contribution in [0.25, 0.3) is 10.9 Å². The second-order valence-electron chi connectivity index (χ2n) is 10.0. The molecule has 1 atom stereocenters. The lowest BCUT2D eigenvalue weighted by molar-refractivity contribution is 0.135. The lowest BCUT2D eigenvalue weighted by Crippen LogP contribution is -2.42. The molecule has 1 N–H and O–H groups in total. The summed E-state index contributed by atoms with van der Waals surface area (Å²) >= 11 is 6.34. The number of aromatic amines is 1. The van der Waals surface area contributed by atoms with Gasteiger partial charge in [0.15, 0.2) is 0 Å². The summed E-state index contributed by atoms with van der Waals surface area (Å²) in [6, 6.07) is 21.5. The molecule has 0 unspecified atom stereocenters. The first kappa shape index (κ1) is 24.6. The summed E-state index contributed by atoms with van der Waals surface area (Å²) in [6.07, 6.45) is 7.82. The molecule has 1 aromatic heterocycles. The van der Waals surface area contributed by atoms with Crippen LogP contribution in [-0.4, -0.2) is 29.1 Å². The summed E-state index contributed by atoms with van der Waals surface area (Å²) in [5, 5.41) is 1.80. The molecule has 3 aromatic carbocycles. The predicted octanol–water partition coefficient (Wildman–Crippen LogP) is 8.19. The van der Waals surface area contributed by atoms with E-state index in [-0.39, 0.29) is 12.1 Å². The Morgan fingerprint density at radius 2 is 1.76 bits per heavy atom. The number of halogens is 1. The number of aromatic nitrogens is 1. The van der Waals surface area contributed by atoms with Crippen LogP contribution in [0.5, 0.6) is 11.5 Å². The van der Waals surface area contributed by atoms with Gasteiger partial charge in [-0.15, -0.1) is 0 Å². The van der Waals surface area contributed by atoms with Gasteiger partial charge in [0, 0.05) is 28.2 Å². The molecular weight excluding hydrogens is 496 g/mol. The molecule has 1 aliphatic carbocycles. The van der Waals surface area contributed by atoms with Crippen LogP contribution in [0.1, 0.15) is 60.5 Å². The van der Waals surface area contributed by atoms with Gasteiger partial charge >= 0.3 is 6.09 Å². The van der Waals surface area contributed by atoms with Crippen LogP contribution in [-0.2, 0) is 6.42 Å². The molecule has 6 rings (SSSR count). The molecule has 2 heterocycles. The van der Waals surface area contributed by atoms with Crippen molar-refractivity contribution < 1.29 is 14.3 Å². The number of nitrogens with one attached hydrogen (secondary N) is 1. The molecule has 1 saturated carbocycles. The molecule has 194 valence electrons. The van der Waals surface area contributed by atoms with E-state index in [0.717, 1.165) is 34.3 Å². The van der Waals surface area contributed by atoms with Crippen LogP contribution in [0.2, 0.25) is 5.02 Å². The van der Waals surface area contributed by atoms with Crippen molar-refractivity contribution in [1.82, 2.24) is 9.88 Å². The lowest BCUT2D eigenvalue weighted by Gasteiger charge is -2.35. The maximum Gasteiger partial charge on any atom is 0.416 e. The molecular formula is C32H31ClN2O3. The largest absolute Gasteiger partial charge is 0.493 e. The van der Waals surface area contributed by atoms with Crippen molar-refractivity contribution in [3.8, 4) is 11.5 Å². The number of carbonyl (C=O) groups excluding carboxylic acids is 1. The van der Waals surface area contributed by atoms with Crippen molar-refractivity contribution >= 4 is 28.6 Å². The number of amides is 1.